The molecule has 0 amide bonds. The molecule has 0 spiro atoms. The van der Waals surface area contributed by atoms with E-state index in [1.54, 1.807) is 0 Å². The standard InChI is InChI=1S/C36H33F15N2O2/c37-30(38,31(39,40)32(41,42)33(43,44)34(45,46)35(47,48)36(49,50)51)29-54-26-17-16-24(18-27(26)55-29)28-52-19-25(20-53-28)23-14-12-22(13-15-23)9-7-5-3-1-2-4-6-8-21-10-11-21/h12-21,29H,1-11H2. The lowest BCUT2D eigenvalue weighted by atomic mass is 9.91. The van der Waals surface area contributed by atoms with Gasteiger partial charge in [0.05, 0.1) is 0 Å². The van der Waals surface area contributed by atoms with E-state index in [2.05, 4.69) is 19.4 Å². The van der Waals surface area contributed by atoms with Crippen LogP contribution in [0.2, 0.25) is 0 Å². The Morgan fingerprint density at radius 3 is 1.56 bits per heavy atom. The lowest BCUT2D eigenvalue weighted by molar-refractivity contribution is -0.457. The third-order valence-corrected chi connectivity index (χ3v) is 9.53. The number of fused-ring (bicyclic) bond motifs is 1. The summed E-state index contributed by atoms with van der Waals surface area (Å²) >= 11 is 0. The van der Waals surface area contributed by atoms with E-state index in [1.807, 2.05) is 24.3 Å². The third-order valence-electron chi connectivity index (χ3n) is 9.53. The first kappa shape index (κ1) is 42.2. The SMILES string of the molecule is FC(F)(F)C(F)(F)C(F)(F)C(F)(F)C(F)(F)C(F)(F)C(F)(F)C1Oc2ccc(-c3ncc(-c4ccc(CCCCCCCCCC5CC5)cc4)cn3)cc2O1. The Labute approximate surface area is 304 Å². The lowest BCUT2D eigenvalue weighted by Crippen LogP contribution is -2.74. The van der Waals surface area contributed by atoms with Crippen LogP contribution in [0.3, 0.4) is 0 Å². The van der Waals surface area contributed by atoms with E-state index in [4.69, 9.17) is 0 Å². The molecule has 19 heteroatoms. The van der Waals surface area contributed by atoms with Crippen LogP contribution in [0, 0.1) is 5.92 Å². The van der Waals surface area contributed by atoms with E-state index in [9.17, 15) is 65.9 Å². The van der Waals surface area contributed by atoms with E-state index < -0.39 is 59.5 Å². The molecule has 1 aromatic heterocycles. The third kappa shape index (κ3) is 8.03. The van der Waals surface area contributed by atoms with Crippen molar-refractivity contribution in [3.05, 3.63) is 60.4 Å². The Morgan fingerprint density at radius 1 is 0.509 bits per heavy atom. The zero-order chi connectivity index (χ0) is 40.7. The molecule has 1 atom stereocenters. The fourth-order valence-corrected chi connectivity index (χ4v) is 5.91. The summed E-state index contributed by atoms with van der Waals surface area (Å²) in [5.74, 6) is -48.6. The van der Waals surface area contributed by atoms with Gasteiger partial charge in [0.25, 0.3) is 0 Å². The summed E-state index contributed by atoms with van der Waals surface area (Å²) < 4.78 is 214. The molecule has 1 aliphatic carbocycles. The van der Waals surface area contributed by atoms with Gasteiger partial charge in [0.1, 0.15) is 0 Å². The smallest absolute Gasteiger partial charge is 0.445 e. The van der Waals surface area contributed by atoms with Crippen LogP contribution in [-0.2, 0) is 6.42 Å². The van der Waals surface area contributed by atoms with Gasteiger partial charge in [-0.05, 0) is 48.1 Å². The fourth-order valence-electron chi connectivity index (χ4n) is 5.91. The molecule has 1 unspecified atom stereocenters. The van der Waals surface area contributed by atoms with Gasteiger partial charge in [-0.3, -0.25) is 0 Å². The average molecular weight is 811 g/mol. The van der Waals surface area contributed by atoms with Gasteiger partial charge >= 0.3 is 48.0 Å². The second kappa shape index (κ2) is 15.2. The van der Waals surface area contributed by atoms with Gasteiger partial charge < -0.3 is 9.47 Å². The Bertz CT molecular complexity index is 1760. The minimum absolute atomic E-state index is 0.0656. The quantitative estimate of drug-likeness (QED) is 0.0948. The molecule has 2 aliphatic rings. The number of alkyl halides is 15. The topological polar surface area (TPSA) is 44.2 Å². The zero-order valence-corrected chi connectivity index (χ0v) is 28.5. The number of aromatic nitrogens is 2. The van der Waals surface area contributed by atoms with Crippen LogP contribution in [0.25, 0.3) is 22.5 Å². The molecule has 2 heterocycles. The van der Waals surface area contributed by atoms with E-state index in [1.165, 1.54) is 63.8 Å². The van der Waals surface area contributed by atoms with Crippen molar-refractivity contribution in [1.29, 1.82) is 0 Å². The molecule has 3 aromatic rings. The summed E-state index contributed by atoms with van der Waals surface area (Å²) in [4.78, 5) is 8.27. The predicted octanol–water partition coefficient (Wildman–Crippen LogP) is 12.4. The van der Waals surface area contributed by atoms with E-state index in [0.29, 0.717) is 5.56 Å². The molecule has 4 nitrogen and oxygen atoms in total. The molecule has 0 radical (unpaired) electrons. The van der Waals surface area contributed by atoms with Gasteiger partial charge in [0, 0.05) is 23.5 Å². The second-order valence-corrected chi connectivity index (χ2v) is 13.7. The summed E-state index contributed by atoms with van der Waals surface area (Å²) in [6, 6.07) is 10.2. The number of rotatable bonds is 18. The molecule has 1 fully saturated rings. The molecule has 0 saturated heterocycles. The van der Waals surface area contributed by atoms with Crippen molar-refractivity contribution in [3.63, 3.8) is 0 Å². The number of halogens is 15. The number of unbranched alkanes of at least 4 members (excludes halogenated alkanes) is 6. The van der Waals surface area contributed by atoms with Gasteiger partial charge in [-0.15, -0.1) is 0 Å². The molecule has 55 heavy (non-hydrogen) atoms. The summed E-state index contributed by atoms with van der Waals surface area (Å²) in [6.07, 6.45) is 4.59. The summed E-state index contributed by atoms with van der Waals surface area (Å²) in [5, 5.41) is 0. The normalized spacial score (nSPS) is 17.2. The van der Waals surface area contributed by atoms with E-state index in [-0.39, 0.29) is 11.4 Å². The first-order chi connectivity index (χ1) is 25.5. The van der Waals surface area contributed by atoms with Gasteiger partial charge in [0.2, 0.25) is 0 Å². The van der Waals surface area contributed by atoms with Crippen LogP contribution >= 0.6 is 0 Å². The second-order valence-electron chi connectivity index (χ2n) is 13.7. The van der Waals surface area contributed by atoms with Gasteiger partial charge in [-0.2, -0.15) is 65.9 Å². The van der Waals surface area contributed by atoms with Crippen molar-refractivity contribution in [2.24, 2.45) is 5.92 Å². The molecule has 1 aliphatic heterocycles. The number of hydrogen-bond donors (Lipinski definition) is 0. The maximum atomic E-state index is 14.7. The van der Waals surface area contributed by atoms with Crippen molar-refractivity contribution in [2.45, 2.75) is 119 Å². The zero-order valence-electron chi connectivity index (χ0n) is 28.5. The van der Waals surface area contributed by atoms with Crippen LogP contribution in [0.15, 0.2) is 54.9 Å². The number of nitrogens with zero attached hydrogens (tertiary/aromatic N) is 2. The number of hydrogen-bond acceptors (Lipinski definition) is 4. The minimum atomic E-state index is -8.41. The summed E-state index contributed by atoms with van der Waals surface area (Å²) in [5.41, 5.74) is 2.35. The van der Waals surface area contributed by atoms with Crippen LogP contribution < -0.4 is 9.47 Å². The highest BCUT2D eigenvalue weighted by Gasteiger charge is 2.94. The largest absolute Gasteiger partial charge is 0.460 e. The summed E-state index contributed by atoms with van der Waals surface area (Å²) in [6.45, 7) is 0. The first-order valence-electron chi connectivity index (χ1n) is 17.2. The molecule has 0 N–H and O–H groups in total. The van der Waals surface area contributed by atoms with Crippen molar-refractivity contribution in [3.8, 4) is 34.0 Å². The Kier molecular flexibility index (Phi) is 11.7. The highest BCUT2D eigenvalue weighted by atomic mass is 19.4. The highest BCUT2D eigenvalue weighted by Crippen LogP contribution is 2.63. The number of ether oxygens (including phenoxy) is 2. The number of benzene rings is 2. The van der Waals surface area contributed by atoms with Crippen LogP contribution in [0.5, 0.6) is 11.5 Å². The monoisotopic (exact) mass is 810 g/mol. The van der Waals surface area contributed by atoms with Gasteiger partial charge in [0.15, 0.2) is 17.3 Å². The van der Waals surface area contributed by atoms with E-state index in [0.717, 1.165) is 54.5 Å². The molecule has 2 aromatic carbocycles. The van der Waals surface area contributed by atoms with E-state index >= 15 is 0 Å². The van der Waals surface area contributed by atoms with Gasteiger partial charge in [-0.25, -0.2) is 9.97 Å². The maximum absolute atomic E-state index is 14.7. The Morgan fingerprint density at radius 2 is 1.00 bits per heavy atom. The molecule has 304 valence electrons. The lowest BCUT2D eigenvalue weighted by Gasteiger charge is -2.41. The Balaban J connectivity index is 1.19. The minimum Gasteiger partial charge on any atom is -0.445 e. The molecular formula is C36H33F15N2O2. The summed E-state index contributed by atoms with van der Waals surface area (Å²) in [7, 11) is 0. The molecular weight excluding hydrogens is 777 g/mol. The van der Waals surface area contributed by atoms with Crippen molar-refractivity contribution >= 4 is 0 Å². The van der Waals surface area contributed by atoms with Crippen LogP contribution in [-0.4, -0.2) is 58.0 Å². The average Bonchev–Trinajstić information content (AvgIpc) is 3.85. The Hall–Kier alpha value is -3.93. The van der Waals surface area contributed by atoms with Crippen molar-refractivity contribution in [1.82, 2.24) is 9.97 Å². The number of aryl methyl sites for hydroxylation is 1. The molecule has 0 bridgehead atoms. The van der Waals surface area contributed by atoms with Crippen molar-refractivity contribution in [2.75, 3.05) is 0 Å². The maximum Gasteiger partial charge on any atom is 0.460 e. The molecule has 5 rings (SSSR count). The predicted molar refractivity (Wildman–Crippen MR) is 167 cm³/mol. The highest BCUT2D eigenvalue weighted by molar-refractivity contribution is 5.66. The van der Waals surface area contributed by atoms with Crippen molar-refractivity contribution < 1.29 is 75.3 Å². The molecule has 1 saturated carbocycles. The first-order valence-corrected chi connectivity index (χ1v) is 17.2. The van der Waals surface area contributed by atoms with Gasteiger partial charge in [-0.1, -0.05) is 82.1 Å². The fraction of sp³-hybridized carbons (Fsp3) is 0.556. The van der Waals surface area contributed by atoms with Crippen LogP contribution in [0.1, 0.15) is 69.8 Å². The van der Waals surface area contributed by atoms with Crippen LogP contribution in [0.4, 0.5) is 65.9 Å².